The fourth-order valence-electron chi connectivity index (χ4n) is 2.92. The summed E-state index contributed by atoms with van der Waals surface area (Å²) in [5.74, 6) is 0.927. The maximum absolute atomic E-state index is 12.3. The summed E-state index contributed by atoms with van der Waals surface area (Å²) in [6.07, 6.45) is 3.03. The maximum Gasteiger partial charge on any atom is 0.220 e. The Hall–Kier alpha value is -2.62. The van der Waals surface area contributed by atoms with Crippen molar-refractivity contribution in [3.63, 3.8) is 0 Å². The normalized spacial score (nSPS) is 12.2. The molecule has 1 amide bonds. The van der Waals surface area contributed by atoms with Gasteiger partial charge in [-0.3, -0.25) is 4.79 Å². The molecular formula is C20H23N3O. The van der Waals surface area contributed by atoms with E-state index in [1.165, 1.54) is 0 Å². The van der Waals surface area contributed by atoms with Gasteiger partial charge < -0.3 is 10.3 Å². The summed E-state index contributed by atoms with van der Waals surface area (Å²) in [5, 5.41) is 3.16. The molecule has 0 aliphatic heterocycles. The molecule has 0 radical (unpaired) electrons. The van der Waals surface area contributed by atoms with Crippen molar-refractivity contribution >= 4 is 16.9 Å². The van der Waals surface area contributed by atoms with Crippen LogP contribution in [0.4, 0.5) is 0 Å². The van der Waals surface area contributed by atoms with Crippen LogP contribution in [0.3, 0.4) is 0 Å². The number of benzene rings is 2. The summed E-state index contributed by atoms with van der Waals surface area (Å²) in [4.78, 5) is 20.1. The summed E-state index contributed by atoms with van der Waals surface area (Å²) in [5.41, 5.74) is 3.12. The van der Waals surface area contributed by atoms with Crippen LogP contribution in [0, 0.1) is 0 Å². The van der Waals surface area contributed by atoms with Crippen LogP contribution in [0.15, 0.2) is 54.6 Å². The number of carbonyl (C=O) groups is 1. The van der Waals surface area contributed by atoms with Gasteiger partial charge in [-0.05, 0) is 24.1 Å². The minimum absolute atomic E-state index is 0.0674. The molecule has 124 valence electrons. The lowest BCUT2D eigenvalue weighted by molar-refractivity contribution is -0.121. The third-order valence-electron chi connectivity index (χ3n) is 4.14. The molecule has 0 saturated heterocycles. The molecule has 0 saturated carbocycles. The highest BCUT2D eigenvalue weighted by Gasteiger charge is 2.14. The molecular weight excluding hydrogens is 298 g/mol. The van der Waals surface area contributed by atoms with Gasteiger partial charge in [0.25, 0.3) is 0 Å². The summed E-state index contributed by atoms with van der Waals surface area (Å²) < 4.78 is 0. The highest BCUT2D eigenvalue weighted by atomic mass is 16.1. The largest absolute Gasteiger partial charge is 0.349 e. The van der Waals surface area contributed by atoms with E-state index in [2.05, 4.69) is 34.3 Å². The first-order valence-electron chi connectivity index (χ1n) is 8.54. The van der Waals surface area contributed by atoms with Crippen molar-refractivity contribution in [3.05, 3.63) is 66.0 Å². The number of hydrogen-bond acceptors (Lipinski definition) is 2. The zero-order valence-electron chi connectivity index (χ0n) is 14.0. The molecule has 24 heavy (non-hydrogen) atoms. The topological polar surface area (TPSA) is 57.8 Å². The minimum atomic E-state index is 0.0674. The smallest absolute Gasteiger partial charge is 0.220 e. The highest BCUT2D eigenvalue weighted by molar-refractivity contribution is 5.77. The molecule has 1 unspecified atom stereocenters. The third-order valence-corrected chi connectivity index (χ3v) is 4.14. The molecule has 2 aromatic carbocycles. The zero-order valence-corrected chi connectivity index (χ0v) is 14.0. The Morgan fingerprint density at radius 3 is 2.62 bits per heavy atom. The fraction of sp³-hybridized carbons (Fsp3) is 0.300. The van der Waals surface area contributed by atoms with Crippen LogP contribution in [0.2, 0.25) is 0 Å². The van der Waals surface area contributed by atoms with Gasteiger partial charge in [-0.2, -0.15) is 0 Å². The Balaban J connectivity index is 1.59. The number of nitrogens with one attached hydrogen (secondary N) is 2. The van der Waals surface area contributed by atoms with Gasteiger partial charge in [-0.15, -0.1) is 0 Å². The van der Waals surface area contributed by atoms with Crippen molar-refractivity contribution in [1.82, 2.24) is 15.3 Å². The number of carbonyl (C=O) groups excluding carboxylic acids is 1. The summed E-state index contributed by atoms with van der Waals surface area (Å²) in [7, 11) is 0. The van der Waals surface area contributed by atoms with Gasteiger partial charge in [-0.25, -0.2) is 4.98 Å². The number of para-hydroxylation sites is 2. The van der Waals surface area contributed by atoms with Gasteiger partial charge in [0.1, 0.15) is 5.82 Å². The lowest BCUT2D eigenvalue weighted by Crippen LogP contribution is -2.28. The predicted octanol–water partition coefficient (Wildman–Crippen LogP) is 4.15. The second-order valence-corrected chi connectivity index (χ2v) is 6.02. The molecule has 0 fully saturated rings. The average Bonchev–Trinajstić information content (AvgIpc) is 3.03. The van der Waals surface area contributed by atoms with Crippen molar-refractivity contribution in [2.24, 2.45) is 0 Å². The quantitative estimate of drug-likeness (QED) is 0.686. The monoisotopic (exact) mass is 321 g/mol. The molecule has 0 bridgehead atoms. The maximum atomic E-state index is 12.3. The van der Waals surface area contributed by atoms with Crippen LogP contribution >= 0.6 is 0 Å². The predicted molar refractivity (Wildman–Crippen MR) is 96.6 cm³/mol. The third kappa shape index (κ3) is 4.02. The van der Waals surface area contributed by atoms with Crippen LogP contribution in [-0.2, 0) is 11.2 Å². The number of nitrogens with zero attached hydrogens (tertiary/aromatic N) is 1. The molecule has 4 heteroatoms. The first kappa shape index (κ1) is 16.2. The van der Waals surface area contributed by atoms with Crippen molar-refractivity contribution in [1.29, 1.82) is 0 Å². The highest BCUT2D eigenvalue weighted by Crippen LogP contribution is 2.18. The van der Waals surface area contributed by atoms with Crippen LogP contribution < -0.4 is 5.32 Å². The molecule has 0 spiro atoms. The van der Waals surface area contributed by atoms with Crippen molar-refractivity contribution in [3.8, 4) is 0 Å². The van der Waals surface area contributed by atoms with E-state index in [4.69, 9.17) is 0 Å². The number of amides is 1. The van der Waals surface area contributed by atoms with Gasteiger partial charge in [0.2, 0.25) is 5.91 Å². The molecule has 1 aromatic heterocycles. The van der Waals surface area contributed by atoms with Gasteiger partial charge in [-0.1, -0.05) is 55.8 Å². The van der Waals surface area contributed by atoms with E-state index in [0.29, 0.717) is 12.8 Å². The summed E-state index contributed by atoms with van der Waals surface area (Å²) >= 11 is 0. The average molecular weight is 321 g/mol. The number of hydrogen-bond donors (Lipinski definition) is 2. The van der Waals surface area contributed by atoms with E-state index in [1.54, 1.807) is 0 Å². The molecule has 0 aliphatic carbocycles. The standard InChI is InChI=1S/C20H23N3O/c1-2-8-16(15-9-4-3-5-10-15)23-20(24)14-13-19-21-17-11-6-7-12-18(17)22-19/h3-7,9-12,16H,2,8,13-14H2,1H3,(H,21,22)(H,23,24). The number of H-pyrrole nitrogens is 1. The van der Waals surface area contributed by atoms with Gasteiger partial charge in [0.05, 0.1) is 17.1 Å². The van der Waals surface area contributed by atoms with E-state index in [-0.39, 0.29) is 11.9 Å². The number of imidazole rings is 1. The number of aryl methyl sites for hydroxylation is 1. The van der Waals surface area contributed by atoms with E-state index in [1.807, 2.05) is 42.5 Å². The van der Waals surface area contributed by atoms with E-state index >= 15 is 0 Å². The second-order valence-electron chi connectivity index (χ2n) is 6.02. The van der Waals surface area contributed by atoms with Gasteiger partial charge in [0.15, 0.2) is 0 Å². The Kier molecular flexibility index (Phi) is 5.26. The second kappa shape index (κ2) is 7.77. The van der Waals surface area contributed by atoms with Crippen LogP contribution in [0.25, 0.3) is 11.0 Å². The Morgan fingerprint density at radius 2 is 1.88 bits per heavy atom. The minimum Gasteiger partial charge on any atom is -0.349 e. The van der Waals surface area contributed by atoms with Crippen LogP contribution in [0.5, 0.6) is 0 Å². The number of fused-ring (bicyclic) bond motifs is 1. The van der Waals surface area contributed by atoms with Crippen LogP contribution in [-0.4, -0.2) is 15.9 Å². The number of aromatic nitrogens is 2. The van der Waals surface area contributed by atoms with Gasteiger partial charge in [0, 0.05) is 12.8 Å². The number of rotatable bonds is 7. The summed E-state index contributed by atoms with van der Waals surface area (Å²) in [6.45, 7) is 2.14. The SMILES string of the molecule is CCCC(NC(=O)CCc1nc2ccccc2[nH]1)c1ccccc1. The zero-order chi connectivity index (χ0) is 16.8. The van der Waals surface area contributed by atoms with Crippen molar-refractivity contribution in [2.75, 3.05) is 0 Å². The molecule has 3 rings (SSSR count). The van der Waals surface area contributed by atoms with E-state index in [9.17, 15) is 4.79 Å². The molecule has 4 nitrogen and oxygen atoms in total. The Morgan fingerprint density at radius 1 is 1.12 bits per heavy atom. The molecule has 2 N–H and O–H groups in total. The van der Waals surface area contributed by atoms with Crippen molar-refractivity contribution < 1.29 is 4.79 Å². The Bertz CT molecular complexity index is 762. The van der Waals surface area contributed by atoms with E-state index in [0.717, 1.165) is 35.3 Å². The summed E-state index contributed by atoms with van der Waals surface area (Å²) in [6, 6.07) is 18.2. The fourth-order valence-corrected chi connectivity index (χ4v) is 2.92. The molecule has 0 aliphatic rings. The number of aromatic amines is 1. The molecule has 3 aromatic rings. The first-order chi connectivity index (χ1) is 11.8. The Labute approximate surface area is 142 Å². The molecule has 1 atom stereocenters. The van der Waals surface area contributed by atoms with E-state index < -0.39 is 0 Å². The lowest BCUT2D eigenvalue weighted by atomic mass is 10.0. The van der Waals surface area contributed by atoms with Gasteiger partial charge >= 0.3 is 0 Å². The molecule has 1 heterocycles. The van der Waals surface area contributed by atoms with Crippen LogP contribution in [0.1, 0.15) is 43.6 Å². The van der Waals surface area contributed by atoms with Crippen molar-refractivity contribution in [2.45, 2.75) is 38.6 Å². The first-order valence-corrected chi connectivity index (χ1v) is 8.54. The lowest BCUT2D eigenvalue weighted by Gasteiger charge is -2.18.